The predicted molar refractivity (Wildman–Crippen MR) is 63.4 cm³/mol. The van der Waals surface area contributed by atoms with Crippen LogP contribution >= 0.6 is 0 Å². The van der Waals surface area contributed by atoms with Gasteiger partial charge in [-0.05, 0) is 24.1 Å². The third-order valence-corrected chi connectivity index (χ3v) is 2.49. The largest absolute Gasteiger partial charge is 0.310 e. The van der Waals surface area contributed by atoms with E-state index in [2.05, 4.69) is 9.97 Å². The van der Waals surface area contributed by atoms with Crippen LogP contribution in [0.3, 0.4) is 0 Å². The van der Waals surface area contributed by atoms with E-state index in [0.29, 0.717) is 12.2 Å². The van der Waals surface area contributed by atoms with E-state index in [1.165, 1.54) is 18.2 Å². The lowest BCUT2D eigenvalue weighted by atomic mass is 10.1. The first-order chi connectivity index (χ1) is 8.17. The molecule has 0 fully saturated rings. The van der Waals surface area contributed by atoms with E-state index >= 15 is 0 Å². The van der Waals surface area contributed by atoms with Crippen LogP contribution in [0.2, 0.25) is 0 Å². The van der Waals surface area contributed by atoms with Gasteiger partial charge in [-0.1, -0.05) is 19.1 Å². The molecule has 1 aromatic carbocycles. The lowest BCUT2D eigenvalue weighted by molar-refractivity contribution is 0.627. The van der Waals surface area contributed by atoms with Crippen molar-refractivity contribution in [3.8, 4) is 0 Å². The highest BCUT2D eigenvalue weighted by Gasteiger charge is 2.02. The molecule has 17 heavy (non-hydrogen) atoms. The van der Waals surface area contributed by atoms with Crippen molar-refractivity contribution >= 4 is 0 Å². The van der Waals surface area contributed by atoms with Crippen molar-refractivity contribution in [2.45, 2.75) is 19.8 Å². The Kier molecular flexibility index (Phi) is 3.32. The Hall–Kier alpha value is -1.97. The Morgan fingerprint density at radius 2 is 2.00 bits per heavy atom. The second-order valence-electron chi connectivity index (χ2n) is 3.84. The zero-order chi connectivity index (χ0) is 12.3. The highest BCUT2D eigenvalue weighted by Crippen LogP contribution is 2.06. The van der Waals surface area contributed by atoms with Crippen molar-refractivity contribution in [3.05, 3.63) is 63.6 Å². The van der Waals surface area contributed by atoms with Crippen LogP contribution in [-0.2, 0) is 12.8 Å². The molecule has 0 saturated heterocycles. The van der Waals surface area contributed by atoms with Gasteiger partial charge in [0.2, 0.25) is 0 Å². The summed E-state index contributed by atoms with van der Waals surface area (Å²) in [6.07, 6.45) is 1.23. The number of aryl methyl sites for hydroxylation is 1. The number of H-pyrrole nitrogens is 1. The van der Waals surface area contributed by atoms with Crippen LogP contribution in [0.25, 0.3) is 0 Å². The molecule has 3 nitrogen and oxygen atoms in total. The highest BCUT2D eigenvalue weighted by molar-refractivity contribution is 5.20. The van der Waals surface area contributed by atoms with Crippen LogP contribution in [0, 0.1) is 5.82 Å². The number of aromatic nitrogens is 2. The molecule has 0 unspecified atom stereocenters. The van der Waals surface area contributed by atoms with Crippen molar-refractivity contribution in [2.24, 2.45) is 0 Å². The lowest BCUT2D eigenvalue weighted by Gasteiger charge is -2.03. The second-order valence-corrected chi connectivity index (χ2v) is 3.84. The summed E-state index contributed by atoms with van der Waals surface area (Å²) in [6, 6.07) is 7.67. The summed E-state index contributed by atoms with van der Waals surface area (Å²) in [7, 11) is 0. The van der Waals surface area contributed by atoms with Crippen LogP contribution < -0.4 is 5.56 Å². The molecule has 1 N–H and O–H groups in total. The Morgan fingerprint density at radius 3 is 2.65 bits per heavy atom. The number of hydrogen-bond donors (Lipinski definition) is 1. The molecule has 88 valence electrons. The summed E-state index contributed by atoms with van der Waals surface area (Å²) in [5, 5.41) is 0. The average molecular weight is 232 g/mol. The van der Waals surface area contributed by atoms with Crippen LogP contribution in [0.15, 0.2) is 35.1 Å². The van der Waals surface area contributed by atoms with Crippen LogP contribution in [0.1, 0.15) is 24.0 Å². The van der Waals surface area contributed by atoms with Gasteiger partial charge in [-0.2, -0.15) is 0 Å². The van der Waals surface area contributed by atoms with Gasteiger partial charge in [0, 0.05) is 18.2 Å². The average Bonchev–Trinajstić information content (AvgIpc) is 2.31. The van der Waals surface area contributed by atoms with Gasteiger partial charge < -0.3 is 4.98 Å². The first kappa shape index (κ1) is 11.5. The number of nitrogens with zero attached hydrogens (tertiary/aromatic N) is 1. The molecule has 0 spiro atoms. The fourth-order valence-corrected chi connectivity index (χ4v) is 1.62. The molecule has 0 aliphatic carbocycles. The van der Waals surface area contributed by atoms with E-state index in [4.69, 9.17) is 0 Å². The van der Waals surface area contributed by atoms with Gasteiger partial charge in [-0.25, -0.2) is 9.37 Å². The van der Waals surface area contributed by atoms with Crippen molar-refractivity contribution in [3.63, 3.8) is 0 Å². The minimum atomic E-state index is -0.266. The minimum Gasteiger partial charge on any atom is -0.310 e. The number of nitrogens with one attached hydrogen (secondary N) is 1. The van der Waals surface area contributed by atoms with Crippen molar-refractivity contribution < 1.29 is 4.39 Å². The molecule has 0 aliphatic heterocycles. The Bertz CT molecular complexity index is 560. The zero-order valence-corrected chi connectivity index (χ0v) is 9.53. The van der Waals surface area contributed by atoms with E-state index in [-0.39, 0.29) is 11.4 Å². The number of halogens is 1. The molecule has 0 aliphatic rings. The Balaban J connectivity index is 2.26. The first-order valence-corrected chi connectivity index (χ1v) is 5.51. The van der Waals surface area contributed by atoms with Gasteiger partial charge >= 0.3 is 0 Å². The molecule has 2 rings (SSSR count). The lowest BCUT2D eigenvalue weighted by Crippen LogP contribution is -2.12. The van der Waals surface area contributed by atoms with Crippen molar-refractivity contribution in [1.29, 1.82) is 0 Å². The van der Waals surface area contributed by atoms with Gasteiger partial charge in [-0.3, -0.25) is 4.79 Å². The monoisotopic (exact) mass is 232 g/mol. The van der Waals surface area contributed by atoms with E-state index in [1.54, 1.807) is 12.1 Å². The fourth-order valence-electron chi connectivity index (χ4n) is 1.62. The third kappa shape index (κ3) is 3.00. The molecular formula is C13H13FN2O. The number of rotatable bonds is 3. The molecular weight excluding hydrogens is 219 g/mol. The standard InChI is InChI=1S/C13H13FN2O/c1-2-11-8-13(17)16-12(15-11)7-9-3-5-10(14)6-4-9/h3-6,8H,2,7H2,1H3,(H,15,16,17). The maximum Gasteiger partial charge on any atom is 0.251 e. The van der Waals surface area contributed by atoms with E-state index in [9.17, 15) is 9.18 Å². The van der Waals surface area contributed by atoms with Crippen molar-refractivity contribution in [1.82, 2.24) is 9.97 Å². The summed E-state index contributed by atoms with van der Waals surface area (Å²) < 4.78 is 12.7. The molecule has 0 amide bonds. The summed E-state index contributed by atoms with van der Waals surface area (Å²) in [6.45, 7) is 1.95. The van der Waals surface area contributed by atoms with Gasteiger partial charge in [0.05, 0.1) is 0 Å². The molecule has 4 heteroatoms. The molecule has 0 radical (unpaired) electrons. The normalized spacial score (nSPS) is 10.5. The number of aromatic amines is 1. The van der Waals surface area contributed by atoms with Gasteiger partial charge in [0.25, 0.3) is 5.56 Å². The SMILES string of the molecule is CCc1cc(=O)[nH]c(Cc2ccc(F)cc2)n1. The maximum atomic E-state index is 12.7. The molecule has 0 atom stereocenters. The van der Waals surface area contributed by atoms with E-state index < -0.39 is 0 Å². The summed E-state index contributed by atoms with van der Waals surface area (Å²) in [5.41, 5.74) is 1.54. The zero-order valence-electron chi connectivity index (χ0n) is 9.53. The first-order valence-electron chi connectivity index (χ1n) is 5.51. The summed E-state index contributed by atoms with van der Waals surface area (Å²) in [4.78, 5) is 18.4. The van der Waals surface area contributed by atoms with Crippen LogP contribution in [0.4, 0.5) is 4.39 Å². The smallest absolute Gasteiger partial charge is 0.251 e. The Labute approximate surface area is 98.3 Å². The van der Waals surface area contributed by atoms with E-state index in [0.717, 1.165) is 17.7 Å². The third-order valence-electron chi connectivity index (χ3n) is 2.49. The van der Waals surface area contributed by atoms with Crippen LogP contribution in [-0.4, -0.2) is 9.97 Å². The van der Waals surface area contributed by atoms with Crippen LogP contribution in [0.5, 0.6) is 0 Å². The predicted octanol–water partition coefficient (Wildman–Crippen LogP) is 2.06. The highest BCUT2D eigenvalue weighted by atomic mass is 19.1. The molecule has 1 heterocycles. The number of benzene rings is 1. The second kappa shape index (κ2) is 4.91. The summed E-state index contributed by atoms with van der Waals surface area (Å²) >= 11 is 0. The Morgan fingerprint density at radius 1 is 1.29 bits per heavy atom. The molecule has 2 aromatic rings. The molecule has 0 saturated carbocycles. The van der Waals surface area contributed by atoms with Crippen molar-refractivity contribution in [2.75, 3.05) is 0 Å². The molecule has 1 aromatic heterocycles. The van der Waals surface area contributed by atoms with Gasteiger partial charge in [-0.15, -0.1) is 0 Å². The maximum absolute atomic E-state index is 12.7. The number of hydrogen-bond acceptors (Lipinski definition) is 2. The molecule has 0 bridgehead atoms. The van der Waals surface area contributed by atoms with Gasteiger partial charge in [0.15, 0.2) is 0 Å². The quantitative estimate of drug-likeness (QED) is 0.880. The van der Waals surface area contributed by atoms with Gasteiger partial charge in [0.1, 0.15) is 11.6 Å². The topological polar surface area (TPSA) is 45.8 Å². The minimum absolute atomic E-state index is 0.144. The van der Waals surface area contributed by atoms with E-state index in [1.807, 2.05) is 6.92 Å². The summed E-state index contributed by atoms with van der Waals surface area (Å²) in [5.74, 6) is 0.346. The fraction of sp³-hybridized carbons (Fsp3) is 0.231.